The number of hydrogen-bond donors (Lipinski definition) is 1. The van der Waals surface area contributed by atoms with Crippen molar-refractivity contribution in [2.24, 2.45) is 5.92 Å². The van der Waals surface area contributed by atoms with Crippen molar-refractivity contribution >= 4 is 6.08 Å². The minimum absolute atomic E-state index is 0.705. The summed E-state index contributed by atoms with van der Waals surface area (Å²) in [5.74, 6) is 0.705. The molecule has 1 aromatic heterocycles. The summed E-state index contributed by atoms with van der Waals surface area (Å²) in [5, 5.41) is 3.35. The van der Waals surface area contributed by atoms with E-state index in [4.69, 9.17) is 0 Å². The minimum atomic E-state index is 0.705. The van der Waals surface area contributed by atoms with Crippen molar-refractivity contribution in [1.82, 2.24) is 10.3 Å². The molecule has 0 aromatic carbocycles. The molecule has 0 saturated carbocycles. The molecule has 0 radical (unpaired) electrons. The highest BCUT2D eigenvalue weighted by atomic mass is 14.8. The molecule has 1 heterocycles. The summed E-state index contributed by atoms with van der Waals surface area (Å²) in [4.78, 5) is 4.30. The van der Waals surface area contributed by atoms with E-state index in [1.165, 1.54) is 5.56 Å². The molecule has 0 aliphatic heterocycles. The highest BCUT2D eigenvalue weighted by Crippen LogP contribution is 1.99. The quantitative estimate of drug-likeness (QED) is 0.746. The number of aryl methyl sites for hydroxylation is 1. The van der Waals surface area contributed by atoms with E-state index in [9.17, 15) is 0 Å². The van der Waals surface area contributed by atoms with Gasteiger partial charge in [-0.05, 0) is 37.1 Å². The number of pyridine rings is 1. The first-order chi connectivity index (χ1) is 7.18. The Labute approximate surface area is 92.4 Å². The summed E-state index contributed by atoms with van der Waals surface area (Å²) in [6.45, 7) is 8.43. The second-order valence-electron chi connectivity index (χ2n) is 4.21. The second-order valence-corrected chi connectivity index (χ2v) is 4.21. The van der Waals surface area contributed by atoms with Crippen molar-refractivity contribution in [2.75, 3.05) is 13.1 Å². The van der Waals surface area contributed by atoms with Gasteiger partial charge in [0, 0.05) is 12.7 Å². The van der Waals surface area contributed by atoms with E-state index in [-0.39, 0.29) is 0 Å². The molecule has 0 fully saturated rings. The molecule has 1 N–H and O–H groups in total. The molecule has 0 aliphatic rings. The smallest absolute Gasteiger partial charge is 0.0627 e. The molecule has 15 heavy (non-hydrogen) atoms. The maximum atomic E-state index is 4.30. The van der Waals surface area contributed by atoms with Crippen LogP contribution in [0, 0.1) is 12.8 Å². The molecule has 0 aliphatic carbocycles. The van der Waals surface area contributed by atoms with Crippen molar-refractivity contribution in [3.63, 3.8) is 0 Å². The van der Waals surface area contributed by atoms with Crippen LogP contribution in [0.2, 0.25) is 0 Å². The van der Waals surface area contributed by atoms with Gasteiger partial charge in [0.2, 0.25) is 0 Å². The normalized spacial score (nSPS) is 11.5. The Kier molecular flexibility index (Phi) is 5.05. The van der Waals surface area contributed by atoms with Crippen LogP contribution in [0.1, 0.15) is 25.1 Å². The Morgan fingerprint density at radius 2 is 2.20 bits per heavy atom. The summed E-state index contributed by atoms with van der Waals surface area (Å²) < 4.78 is 0. The third-order valence-electron chi connectivity index (χ3n) is 2.04. The number of nitrogens with zero attached hydrogens (tertiary/aromatic N) is 1. The number of hydrogen-bond acceptors (Lipinski definition) is 2. The monoisotopic (exact) mass is 204 g/mol. The van der Waals surface area contributed by atoms with Gasteiger partial charge in [0.1, 0.15) is 0 Å². The fourth-order valence-corrected chi connectivity index (χ4v) is 1.21. The molecular formula is C13H20N2. The lowest BCUT2D eigenvalue weighted by Gasteiger charge is -2.03. The van der Waals surface area contributed by atoms with E-state index in [1.807, 2.05) is 25.3 Å². The van der Waals surface area contributed by atoms with Gasteiger partial charge < -0.3 is 5.32 Å². The first kappa shape index (κ1) is 11.9. The molecule has 0 bridgehead atoms. The van der Waals surface area contributed by atoms with Crippen molar-refractivity contribution < 1.29 is 0 Å². The maximum absolute atomic E-state index is 4.30. The third-order valence-corrected chi connectivity index (χ3v) is 2.04. The zero-order chi connectivity index (χ0) is 11.1. The lowest BCUT2D eigenvalue weighted by molar-refractivity contribution is 0.577. The van der Waals surface area contributed by atoms with Gasteiger partial charge in [-0.1, -0.05) is 26.0 Å². The van der Waals surface area contributed by atoms with Crippen molar-refractivity contribution in [1.29, 1.82) is 0 Å². The zero-order valence-electron chi connectivity index (χ0n) is 9.83. The van der Waals surface area contributed by atoms with Crippen LogP contribution in [0.5, 0.6) is 0 Å². The van der Waals surface area contributed by atoms with Crippen LogP contribution in [0.15, 0.2) is 24.4 Å². The minimum Gasteiger partial charge on any atom is -0.313 e. The van der Waals surface area contributed by atoms with Crippen molar-refractivity contribution in [3.8, 4) is 0 Å². The van der Waals surface area contributed by atoms with Gasteiger partial charge in [0.15, 0.2) is 0 Å². The Hall–Kier alpha value is -1.15. The van der Waals surface area contributed by atoms with Crippen LogP contribution >= 0.6 is 0 Å². The summed E-state index contributed by atoms with van der Waals surface area (Å²) in [7, 11) is 0. The van der Waals surface area contributed by atoms with Gasteiger partial charge >= 0.3 is 0 Å². The molecule has 0 unspecified atom stereocenters. The van der Waals surface area contributed by atoms with Crippen LogP contribution in [0.3, 0.4) is 0 Å². The average Bonchev–Trinajstić information content (AvgIpc) is 2.20. The number of aromatic nitrogens is 1. The van der Waals surface area contributed by atoms with E-state index < -0.39 is 0 Å². The van der Waals surface area contributed by atoms with Crippen molar-refractivity contribution in [2.45, 2.75) is 20.8 Å². The molecule has 1 rings (SSSR count). The Balaban J connectivity index is 2.29. The van der Waals surface area contributed by atoms with Gasteiger partial charge in [-0.25, -0.2) is 0 Å². The van der Waals surface area contributed by atoms with Crippen LogP contribution in [-0.4, -0.2) is 18.1 Å². The summed E-state index contributed by atoms with van der Waals surface area (Å²) >= 11 is 0. The average molecular weight is 204 g/mol. The van der Waals surface area contributed by atoms with Gasteiger partial charge in [-0.15, -0.1) is 0 Å². The molecular weight excluding hydrogens is 184 g/mol. The maximum Gasteiger partial charge on any atom is 0.0627 e. The van der Waals surface area contributed by atoms with Crippen LogP contribution in [-0.2, 0) is 0 Å². The van der Waals surface area contributed by atoms with Gasteiger partial charge in [-0.2, -0.15) is 0 Å². The lowest BCUT2D eigenvalue weighted by atomic mass is 10.2. The van der Waals surface area contributed by atoms with Crippen molar-refractivity contribution in [3.05, 3.63) is 35.7 Å². The third kappa shape index (κ3) is 5.33. The standard InChI is InChI=1S/C13H20N2/c1-11(2)9-14-8-4-5-13-7-6-12(3)10-15-13/h4-7,10-11,14H,8-9H2,1-3H3/b5-4+. The number of rotatable bonds is 5. The molecule has 0 atom stereocenters. The fourth-order valence-electron chi connectivity index (χ4n) is 1.21. The summed E-state index contributed by atoms with van der Waals surface area (Å²) in [6.07, 6.45) is 6.05. The Morgan fingerprint density at radius 3 is 2.80 bits per heavy atom. The van der Waals surface area contributed by atoms with E-state index in [0.717, 1.165) is 18.8 Å². The topological polar surface area (TPSA) is 24.9 Å². The van der Waals surface area contributed by atoms with Gasteiger partial charge in [-0.3, -0.25) is 4.98 Å². The van der Waals surface area contributed by atoms with E-state index in [1.54, 1.807) is 0 Å². The Bertz CT molecular complexity index is 299. The molecule has 0 amide bonds. The molecule has 2 heteroatoms. The highest BCUT2D eigenvalue weighted by Gasteiger charge is 1.90. The fraction of sp³-hybridized carbons (Fsp3) is 0.462. The largest absolute Gasteiger partial charge is 0.313 e. The van der Waals surface area contributed by atoms with Crippen LogP contribution in [0.25, 0.3) is 6.08 Å². The molecule has 82 valence electrons. The van der Waals surface area contributed by atoms with Gasteiger partial charge in [0.25, 0.3) is 0 Å². The Morgan fingerprint density at radius 1 is 1.40 bits per heavy atom. The highest BCUT2D eigenvalue weighted by molar-refractivity contribution is 5.44. The first-order valence-electron chi connectivity index (χ1n) is 5.48. The second kappa shape index (κ2) is 6.36. The first-order valence-corrected chi connectivity index (χ1v) is 5.48. The summed E-state index contributed by atoms with van der Waals surface area (Å²) in [5.41, 5.74) is 2.22. The predicted octanol–water partition coefficient (Wildman–Crippen LogP) is 2.65. The molecule has 0 spiro atoms. The van der Waals surface area contributed by atoms with E-state index in [2.05, 4.69) is 36.3 Å². The number of nitrogens with one attached hydrogen (secondary N) is 1. The van der Waals surface area contributed by atoms with Crippen LogP contribution in [0.4, 0.5) is 0 Å². The van der Waals surface area contributed by atoms with E-state index >= 15 is 0 Å². The van der Waals surface area contributed by atoms with Gasteiger partial charge in [0.05, 0.1) is 5.69 Å². The molecule has 0 saturated heterocycles. The lowest BCUT2D eigenvalue weighted by Crippen LogP contribution is -2.19. The zero-order valence-corrected chi connectivity index (χ0v) is 9.83. The molecule has 1 aromatic rings. The predicted molar refractivity (Wildman–Crippen MR) is 65.7 cm³/mol. The molecule has 2 nitrogen and oxygen atoms in total. The SMILES string of the molecule is Cc1ccc(/C=C/CNCC(C)C)nc1. The van der Waals surface area contributed by atoms with E-state index in [0.29, 0.717) is 5.92 Å². The summed E-state index contributed by atoms with van der Waals surface area (Å²) in [6, 6.07) is 4.11. The van der Waals surface area contributed by atoms with Crippen LogP contribution < -0.4 is 5.32 Å².